The first kappa shape index (κ1) is 8.46. The zero-order valence-corrected chi connectivity index (χ0v) is 7.40. The van der Waals surface area contributed by atoms with Gasteiger partial charge in [0.05, 0.1) is 11.6 Å². The average molecular weight is 181 g/mol. The van der Waals surface area contributed by atoms with E-state index in [0.717, 1.165) is 17.1 Å². The first-order valence-electron chi connectivity index (χ1n) is 4.23. The molecule has 66 valence electrons. The Morgan fingerprint density at radius 2 is 2.00 bits per heavy atom. The Morgan fingerprint density at radius 3 is 2.71 bits per heavy atom. The van der Waals surface area contributed by atoms with Crippen LogP contribution >= 0.6 is 0 Å². The van der Waals surface area contributed by atoms with E-state index in [2.05, 4.69) is 0 Å². The van der Waals surface area contributed by atoms with Crippen molar-refractivity contribution in [3.05, 3.63) is 47.5 Å². The summed E-state index contributed by atoms with van der Waals surface area (Å²) in [5.74, 6) is 0. The zero-order valence-electron chi connectivity index (χ0n) is 7.40. The van der Waals surface area contributed by atoms with Gasteiger partial charge in [-0.1, -0.05) is 24.3 Å². The van der Waals surface area contributed by atoms with Crippen molar-refractivity contribution < 1.29 is 4.79 Å². The minimum atomic E-state index is 0.519. The van der Waals surface area contributed by atoms with Crippen molar-refractivity contribution >= 4 is 17.1 Å². The molecule has 0 amide bonds. The topological polar surface area (TPSA) is 40.9 Å². The summed E-state index contributed by atoms with van der Waals surface area (Å²) < 4.78 is 0. The quantitative estimate of drug-likeness (QED) is 0.634. The van der Waals surface area contributed by atoms with Gasteiger partial charge in [-0.25, -0.2) is 0 Å². The molecule has 14 heavy (non-hydrogen) atoms. The van der Waals surface area contributed by atoms with Gasteiger partial charge in [-0.2, -0.15) is 5.26 Å². The van der Waals surface area contributed by atoms with Crippen LogP contribution in [-0.2, 0) is 0 Å². The minimum absolute atomic E-state index is 0.519. The molecule has 0 radical (unpaired) electrons. The Labute approximate surface area is 81.4 Å². The highest BCUT2D eigenvalue weighted by Gasteiger charge is 2.01. The molecule has 0 bridgehead atoms. The number of benzene rings is 2. The third-order valence-corrected chi connectivity index (χ3v) is 2.15. The molecular formula is C12H7NO. The van der Waals surface area contributed by atoms with Crippen LogP contribution in [0.4, 0.5) is 0 Å². The smallest absolute Gasteiger partial charge is 0.150 e. The highest BCUT2D eigenvalue weighted by atomic mass is 16.1. The third-order valence-electron chi connectivity index (χ3n) is 2.15. The van der Waals surface area contributed by atoms with E-state index in [1.54, 1.807) is 12.1 Å². The van der Waals surface area contributed by atoms with Crippen LogP contribution in [0.1, 0.15) is 15.9 Å². The van der Waals surface area contributed by atoms with Crippen LogP contribution in [0, 0.1) is 11.3 Å². The summed E-state index contributed by atoms with van der Waals surface area (Å²) in [6.45, 7) is 0. The van der Waals surface area contributed by atoms with Crippen LogP contribution in [0.2, 0.25) is 0 Å². The van der Waals surface area contributed by atoms with E-state index in [0.29, 0.717) is 11.1 Å². The van der Waals surface area contributed by atoms with Gasteiger partial charge >= 0.3 is 0 Å². The van der Waals surface area contributed by atoms with Gasteiger partial charge < -0.3 is 0 Å². The highest BCUT2D eigenvalue weighted by molar-refractivity contribution is 5.98. The van der Waals surface area contributed by atoms with Crippen molar-refractivity contribution in [1.82, 2.24) is 0 Å². The van der Waals surface area contributed by atoms with E-state index >= 15 is 0 Å². The monoisotopic (exact) mass is 181 g/mol. The van der Waals surface area contributed by atoms with Crippen molar-refractivity contribution in [2.75, 3.05) is 0 Å². The van der Waals surface area contributed by atoms with Gasteiger partial charge in [0.1, 0.15) is 0 Å². The summed E-state index contributed by atoms with van der Waals surface area (Å²) in [6, 6.07) is 13.0. The van der Waals surface area contributed by atoms with Crippen molar-refractivity contribution in [2.24, 2.45) is 0 Å². The molecule has 0 N–H and O–H groups in total. The molecular weight excluding hydrogens is 174 g/mol. The Kier molecular flexibility index (Phi) is 2.00. The van der Waals surface area contributed by atoms with Gasteiger partial charge in [0, 0.05) is 5.56 Å². The first-order chi connectivity index (χ1) is 6.85. The van der Waals surface area contributed by atoms with Crippen LogP contribution in [0.15, 0.2) is 36.4 Å². The molecule has 0 atom stereocenters. The zero-order chi connectivity index (χ0) is 9.97. The molecule has 2 rings (SSSR count). The van der Waals surface area contributed by atoms with Crippen molar-refractivity contribution in [2.45, 2.75) is 0 Å². The Bertz CT molecular complexity index is 538. The van der Waals surface area contributed by atoms with Crippen LogP contribution < -0.4 is 0 Å². The Balaban J connectivity index is 2.88. The summed E-state index contributed by atoms with van der Waals surface area (Å²) in [4.78, 5) is 10.8. The molecule has 2 nitrogen and oxygen atoms in total. The van der Waals surface area contributed by atoms with E-state index < -0.39 is 0 Å². The Morgan fingerprint density at radius 1 is 1.21 bits per heavy atom. The third kappa shape index (κ3) is 1.25. The number of carbonyl (C=O) groups excluding carboxylic acids is 1. The van der Waals surface area contributed by atoms with Crippen molar-refractivity contribution in [1.29, 1.82) is 5.26 Å². The SMILES string of the molecule is N#Cc1cc(C=O)c2ccccc2c1. The number of hydrogen-bond acceptors (Lipinski definition) is 2. The second kappa shape index (κ2) is 3.31. The van der Waals surface area contributed by atoms with E-state index in [4.69, 9.17) is 5.26 Å². The number of nitriles is 1. The summed E-state index contributed by atoms with van der Waals surface area (Å²) in [7, 11) is 0. The average Bonchev–Trinajstić information content (AvgIpc) is 2.27. The molecule has 0 aliphatic heterocycles. The lowest BCUT2D eigenvalue weighted by molar-refractivity contribution is 0.112. The minimum Gasteiger partial charge on any atom is -0.298 e. The number of carbonyl (C=O) groups is 1. The fraction of sp³-hybridized carbons (Fsp3) is 0. The van der Waals surface area contributed by atoms with Gasteiger partial charge in [0.2, 0.25) is 0 Å². The summed E-state index contributed by atoms with van der Waals surface area (Å²) in [5, 5.41) is 10.6. The van der Waals surface area contributed by atoms with Gasteiger partial charge in [-0.3, -0.25) is 4.79 Å². The predicted molar refractivity (Wildman–Crippen MR) is 54.1 cm³/mol. The van der Waals surface area contributed by atoms with Gasteiger partial charge in [0.25, 0.3) is 0 Å². The normalized spacial score (nSPS) is 9.64. The maximum absolute atomic E-state index is 10.8. The van der Waals surface area contributed by atoms with Crippen LogP contribution in [-0.4, -0.2) is 6.29 Å². The van der Waals surface area contributed by atoms with Gasteiger partial charge in [-0.05, 0) is 22.9 Å². The molecule has 0 aromatic heterocycles. The maximum atomic E-state index is 10.8. The lowest BCUT2D eigenvalue weighted by Crippen LogP contribution is -1.85. The molecule has 2 aromatic rings. The van der Waals surface area contributed by atoms with E-state index in [1.807, 2.05) is 30.3 Å². The van der Waals surface area contributed by atoms with Crippen LogP contribution in [0.5, 0.6) is 0 Å². The van der Waals surface area contributed by atoms with Crippen LogP contribution in [0.3, 0.4) is 0 Å². The lowest BCUT2D eigenvalue weighted by atomic mass is 10.0. The number of fused-ring (bicyclic) bond motifs is 1. The molecule has 0 fully saturated rings. The molecule has 2 heteroatoms. The van der Waals surface area contributed by atoms with Gasteiger partial charge in [-0.15, -0.1) is 0 Å². The second-order valence-electron chi connectivity index (χ2n) is 3.02. The molecule has 0 saturated heterocycles. The molecule has 0 aliphatic carbocycles. The fourth-order valence-corrected chi connectivity index (χ4v) is 1.50. The maximum Gasteiger partial charge on any atom is 0.150 e. The van der Waals surface area contributed by atoms with Crippen molar-refractivity contribution in [3.8, 4) is 6.07 Å². The standard InChI is InChI=1S/C12H7NO/c13-7-9-5-10-3-1-2-4-12(10)11(6-9)8-14/h1-6,8H. The lowest BCUT2D eigenvalue weighted by Gasteiger charge is -2.00. The number of rotatable bonds is 1. The predicted octanol–water partition coefficient (Wildman–Crippen LogP) is 2.52. The van der Waals surface area contributed by atoms with Gasteiger partial charge in [0.15, 0.2) is 6.29 Å². The molecule has 0 spiro atoms. The van der Waals surface area contributed by atoms with Crippen molar-refractivity contribution in [3.63, 3.8) is 0 Å². The summed E-state index contributed by atoms with van der Waals surface area (Å²) in [6.07, 6.45) is 0.781. The fourth-order valence-electron chi connectivity index (χ4n) is 1.50. The van der Waals surface area contributed by atoms with E-state index in [9.17, 15) is 4.79 Å². The molecule has 0 aliphatic rings. The summed E-state index contributed by atoms with van der Waals surface area (Å²) in [5.41, 5.74) is 1.09. The summed E-state index contributed by atoms with van der Waals surface area (Å²) >= 11 is 0. The molecule has 0 saturated carbocycles. The number of aldehydes is 1. The first-order valence-corrected chi connectivity index (χ1v) is 4.23. The van der Waals surface area contributed by atoms with E-state index in [-0.39, 0.29) is 0 Å². The number of nitrogens with zero attached hydrogens (tertiary/aromatic N) is 1. The number of hydrogen-bond donors (Lipinski definition) is 0. The Hall–Kier alpha value is -2.14. The molecule has 0 unspecified atom stereocenters. The second-order valence-corrected chi connectivity index (χ2v) is 3.02. The largest absolute Gasteiger partial charge is 0.298 e. The molecule has 2 aromatic carbocycles. The van der Waals surface area contributed by atoms with E-state index in [1.165, 1.54) is 0 Å². The highest BCUT2D eigenvalue weighted by Crippen LogP contribution is 2.19. The molecule has 0 heterocycles. The van der Waals surface area contributed by atoms with Crippen LogP contribution in [0.25, 0.3) is 10.8 Å².